The Labute approximate surface area is 146 Å². The highest BCUT2D eigenvalue weighted by atomic mass is 16.5. The number of hydrogen-bond acceptors (Lipinski definition) is 3. The molecule has 0 bridgehead atoms. The number of rotatable bonds is 4. The molecule has 2 aromatic carbocycles. The fourth-order valence-electron chi connectivity index (χ4n) is 2.59. The zero-order chi connectivity index (χ0) is 17.8. The van der Waals surface area contributed by atoms with Gasteiger partial charge in [0.25, 0.3) is 0 Å². The molecule has 0 aromatic heterocycles. The molecule has 0 saturated heterocycles. The summed E-state index contributed by atoms with van der Waals surface area (Å²) < 4.78 is 5.85. The number of carbonyl (C=O) groups excluding carboxylic acids is 2. The zero-order valence-electron chi connectivity index (χ0n) is 14.2. The van der Waals surface area contributed by atoms with Crippen LogP contribution in [-0.2, 0) is 4.79 Å². The summed E-state index contributed by atoms with van der Waals surface area (Å²) in [6.07, 6.45) is 5.15. The number of ether oxygens (including phenoxy) is 1. The molecule has 4 nitrogen and oxygen atoms in total. The van der Waals surface area contributed by atoms with Crippen LogP contribution in [0.4, 0.5) is 5.69 Å². The summed E-state index contributed by atoms with van der Waals surface area (Å²) in [4.78, 5) is 23.4. The van der Waals surface area contributed by atoms with Gasteiger partial charge in [-0.2, -0.15) is 0 Å². The van der Waals surface area contributed by atoms with Crippen LogP contribution in [0.5, 0.6) is 5.75 Å². The van der Waals surface area contributed by atoms with Gasteiger partial charge in [-0.3, -0.25) is 9.59 Å². The Kier molecular flexibility index (Phi) is 4.80. The highest BCUT2D eigenvalue weighted by molar-refractivity contribution is 6.00. The quantitative estimate of drug-likeness (QED) is 0.672. The highest BCUT2D eigenvalue weighted by Crippen LogP contribution is 2.29. The maximum absolute atomic E-state index is 12.1. The number of nitrogens with one attached hydrogen (secondary N) is 1. The third-order valence-electron chi connectivity index (χ3n) is 4.00. The molecule has 126 valence electrons. The Hall–Kier alpha value is -3.14. The van der Waals surface area contributed by atoms with Crippen LogP contribution in [-0.4, -0.2) is 17.8 Å². The first kappa shape index (κ1) is 16.7. The van der Waals surface area contributed by atoms with Crippen LogP contribution >= 0.6 is 0 Å². The van der Waals surface area contributed by atoms with Gasteiger partial charge in [0.15, 0.2) is 5.78 Å². The number of para-hydroxylation sites is 1. The van der Waals surface area contributed by atoms with Crippen molar-refractivity contribution >= 4 is 23.5 Å². The normalized spacial score (nSPS) is 15.9. The van der Waals surface area contributed by atoms with Crippen LogP contribution in [0, 0.1) is 0 Å². The van der Waals surface area contributed by atoms with Gasteiger partial charge in [0.1, 0.15) is 11.9 Å². The van der Waals surface area contributed by atoms with E-state index in [1.165, 1.54) is 13.0 Å². The molecule has 0 spiro atoms. The van der Waals surface area contributed by atoms with Crippen molar-refractivity contribution in [2.75, 3.05) is 5.32 Å². The van der Waals surface area contributed by atoms with Gasteiger partial charge in [-0.05, 0) is 61.9 Å². The van der Waals surface area contributed by atoms with E-state index in [4.69, 9.17) is 4.74 Å². The molecule has 0 radical (unpaired) electrons. The van der Waals surface area contributed by atoms with E-state index in [2.05, 4.69) is 5.32 Å². The number of anilines is 1. The van der Waals surface area contributed by atoms with Crippen LogP contribution in [0.3, 0.4) is 0 Å². The topological polar surface area (TPSA) is 55.4 Å². The van der Waals surface area contributed by atoms with Crippen molar-refractivity contribution in [3.8, 4) is 5.75 Å². The summed E-state index contributed by atoms with van der Waals surface area (Å²) >= 11 is 0. The van der Waals surface area contributed by atoms with Crippen LogP contribution in [0.1, 0.15) is 29.8 Å². The molecule has 3 rings (SSSR count). The molecule has 1 atom stereocenters. The Balaban J connectivity index is 1.68. The van der Waals surface area contributed by atoms with Gasteiger partial charge in [0, 0.05) is 22.9 Å². The first-order valence-corrected chi connectivity index (χ1v) is 8.10. The summed E-state index contributed by atoms with van der Waals surface area (Å²) in [5.41, 5.74) is 3.19. The van der Waals surface area contributed by atoms with E-state index in [1.54, 1.807) is 30.3 Å². The van der Waals surface area contributed by atoms with Gasteiger partial charge in [-0.1, -0.05) is 18.2 Å². The lowest BCUT2D eigenvalue weighted by Gasteiger charge is -2.22. The molecule has 4 heteroatoms. The molecule has 1 aliphatic rings. The molecule has 25 heavy (non-hydrogen) atoms. The number of hydrogen-bond donors (Lipinski definition) is 1. The fourth-order valence-corrected chi connectivity index (χ4v) is 2.59. The largest absolute Gasteiger partial charge is 0.485 e. The second kappa shape index (κ2) is 7.18. The van der Waals surface area contributed by atoms with Gasteiger partial charge in [-0.15, -0.1) is 0 Å². The number of ketones is 1. The van der Waals surface area contributed by atoms with E-state index in [0.717, 1.165) is 16.9 Å². The van der Waals surface area contributed by atoms with E-state index in [0.29, 0.717) is 11.3 Å². The van der Waals surface area contributed by atoms with Crippen LogP contribution in [0.15, 0.2) is 66.3 Å². The molecule has 1 N–H and O–H groups in total. The Morgan fingerprint density at radius 3 is 2.52 bits per heavy atom. The summed E-state index contributed by atoms with van der Waals surface area (Å²) in [6, 6.07) is 14.6. The van der Waals surface area contributed by atoms with E-state index >= 15 is 0 Å². The Morgan fingerprint density at radius 1 is 1.08 bits per heavy atom. The Bertz CT molecular complexity index is 863. The second-order valence-corrected chi connectivity index (χ2v) is 5.90. The van der Waals surface area contributed by atoms with Crippen molar-refractivity contribution in [2.45, 2.75) is 20.0 Å². The Morgan fingerprint density at radius 2 is 1.80 bits per heavy atom. The fraction of sp³-hybridized carbons (Fsp3) is 0.143. The molecule has 0 fully saturated rings. The van der Waals surface area contributed by atoms with E-state index in [-0.39, 0.29) is 17.8 Å². The molecule has 1 aliphatic heterocycles. The van der Waals surface area contributed by atoms with Crippen molar-refractivity contribution in [1.82, 2.24) is 0 Å². The average molecular weight is 333 g/mol. The lowest BCUT2D eigenvalue weighted by Crippen LogP contribution is -2.18. The van der Waals surface area contributed by atoms with E-state index < -0.39 is 0 Å². The molecule has 1 unspecified atom stereocenters. The summed E-state index contributed by atoms with van der Waals surface area (Å²) in [6.45, 7) is 3.46. The van der Waals surface area contributed by atoms with Crippen LogP contribution in [0.25, 0.3) is 6.08 Å². The minimum absolute atomic E-state index is 0.00345. The number of carbonyl (C=O) groups is 2. The standard InChI is InChI=1S/C21H19NO3/c1-14(23)16-7-10-19(11-8-16)22-21(24)12-9-17-13-18-5-3-4-6-20(18)25-15(17)2/h3-13,15H,1-2H3,(H,22,24). The van der Waals surface area contributed by atoms with E-state index in [1.807, 2.05) is 37.3 Å². The third-order valence-corrected chi connectivity index (χ3v) is 4.00. The van der Waals surface area contributed by atoms with Gasteiger partial charge in [-0.25, -0.2) is 0 Å². The van der Waals surface area contributed by atoms with Gasteiger partial charge in [0.2, 0.25) is 5.91 Å². The first-order valence-electron chi connectivity index (χ1n) is 8.10. The smallest absolute Gasteiger partial charge is 0.248 e. The molecule has 2 aromatic rings. The van der Waals surface area contributed by atoms with Crippen molar-refractivity contribution in [1.29, 1.82) is 0 Å². The predicted molar refractivity (Wildman–Crippen MR) is 98.7 cm³/mol. The van der Waals surface area contributed by atoms with Crippen molar-refractivity contribution in [3.05, 3.63) is 77.4 Å². The highest BCUT2D eigenvalue weighted by Gasteiger charge is 2.16. The molecule has 0 aliphatic carbocycles. The number of Topliss-reactive ketones (excluding diaryl/α,β-unsaturated/α-hetero) is 1. The minimum atomic E-state index is -0.234. The monoisotopic (exact) mass is 333 g/mol. The van der Waals surface area contributed by atoms with Crippen LogP contribution < -0.4 is 10.1 Å². The zero-order valence-corrected chi connectivity index (χ0v) is 14.2. The molecule has 1 amide bonds. The lowest BCUT2D eigenvalue weighted by atomic mass is 10.0. The maximum Gasteiger partial charge on any atom is 0.248 e. The number of amides is 1. The summed E-state index contributed by atoms with van der Waals surface area (Å²) in [7, 11) is 0. The summed E-state index contributed by atoms with van der Waals surface area (Å²) in [5, 5.41) is 2.78. The van der Waals surface area contributed by atoms with Crippen molar-refractivity contribution in [3.63, 3.8) is 0 Å². The van der Waals surface area contributed by atoms with Crippen molar-refractivity contribution in [2.24, 2.45) is 0 Å². The van der Waals surface area contributed by atoms with E-state index in [9.17, 15) is 9.59 Å². The third kappa shape index (κ3) is 4.04. The lowest BCUT2D eigenvalue weighted by molar-refractivity contribution is -0.111. The average Bonchev–Trinajstić information content (AvgIpc) is 2.60. The minimum Gasteiger partial charge on any atom is -0.485 e. The van der Waals surface area contributed by atoms with Gasteiger partial charge < -0.3 is 10.1 Å². The second-order valence-electron chi connectivity index (χ2n) is 5.90. The number of fused-ring (bicyclic) bond motifs is 1. The molecular weight excluding hydrogens is 314 g/mol. The van der Waals surface area contributed by atoms with Gasteiger partial charge >= 0.3 is 0 Å². The maximum atomic E-state index is 12.1. The van der Waals surface area contributed by atoms with Crippen LogP contribution in [0.2, 0.25) is 0 Å². The molecule has 0 saturated carbocycles. The van der Waals surface area contributed by atoms with Crippen molar-refractivity contribution < 1.29 is 14.3 Å². The molecular formula is C21H19NO3. The first-order chi connectivity index (χ1) is 12.0. The molecule has 1 heterocycles. The summed E-state index contributed by atoms with van der Waals surface area (Å²) in [5.74, 6) is 0.612. The van der Waals surface area contributed by atoms with Gasteiger partial charge in [0.05, 0.1) is 0 Å². The number of benzene rings is 2. The predicted octanol–water partition coefficient (Wildman–Crippen LogP) is 4.25. The SMILES string of the molecule is CC(=O)c1ccc(NC(=O)C=CC2=Cc3ccccc3OC2C)cc1.